The first-order valence-corrected chi connectivity index (χ1v) is 5.15. The van der Waals surface area contributed by atoms with Gasteiger partial charge in [0.1, 0.15) is 11.0 Å². The zero-order valence-corrected chi connectivity index (χ0v) is 9.20. The zero-order chi connectivity index (χ0) is 10.7. The van der Waals surface area contributed by atoms with Gasteiger partial charge in [-0.05, 0) is 18.6 Å². The molecule has 0 saturated carbocycles. The van der Waals surface area contributed by atoms with Gasteiger partial charge >= 0.3 is 0 Å². The van der Waals surface area contributed by atoms with Crippen LogP contribution in [-0.2, 0) is 6.42 Å². The first-order chi connectivity index (χ1) is 7.24. The van der Waals surface area contributed by atoms with Crippen molar-refractivity contribution in [1.82, 2.24) is 9.97 Å². The van der Waals surface area contributed by atoms with E-state index in [-0.39, 0.29) is 0 Å². The number of hydrogen-bond donors (Lipinski definition) is 0. The highest BCUT2D eigenvalue weighted by molar-refractivity contribution is 6.29. The lowest BCUT2D eigenvalue weighted by Gasteiger charge is -2.01. The van der Waals surface area contributed by atoms with E-state index in [0.29, 0.717) is 5.15 Å². The quantitative estimate of drug-likeness (QED) is 0.725. The Labute approximate surface area is 94.0 Å². The highest BCUT2D eigenvalue weighted by Crippen LogP contribution is 2.09. The second-order valence-corrected chi connectivity index (χ2v) is 3.85. The number of hydrogen-bond acceptors (Lipinski definition) is 2. The van der Waals surface area contributed by atoms with Crippen molar-refractivity contribution >= 4 is 11.6 Å². The standard InChI is InChI=1S/C12H11ClN2/c1-9-3-2-4-10(7-9)8-12-14-6-5-11(13)15-12/h2-7H,8H2,1H3. The molecule has 0 spiro atoms. The summed E-state index contributed by atoms with van der Waals surface area (Å²) >= 11 is 5.79. The summed E-state index contributed by atoms with van der Waals surface area (Å²) in [5, 5.41) is 0.493. The van der Waals surface area contributed by atoms with Gasteiger partial charge < -0.3 is 0 Å². The molecule has 0 aliphatic carbocycles. The van der Waals surface area contributed by atoms with Crippen LogP contribution < -0.4 is 0 Å². The van der Waals surface area contributed by atoms with Crippen molar-refractivity contribution in [3.8, 4) is 0 Å². The molecule has 0 aliphatic heterocycles. The smallest absolute Gasteiger partial charge is 0.134 e. The van der Waals surface area contributed by atoms with Gasteiger partial charge in [0.15, 0.2) is 0 Å². The minimum atomic E-state index is 0.493. The molecule has 0 bridgehead atoms. The Morgan fingerprint density at radius 2 is 2.13 bits per heavy atom. The van der Waals surface area contributed by atoms with Gasteiger partial charge in [0.05, 0.1) is 0 Å². The van der Waals surface area contributed by atoms with Crippen molar-refractivity contribution in [1.29, 1.82) is 0 Å². The molecule has 2 aromatic rings. The van der Waals surface area contributed by atoms with E-state index in [2.05, 4.69) is 35.1 Å². The molecule has 3 heteroatoms. The fourth-order valence-electron chi connectivity index (χ4n) is 1.46. The minimum Gasteiger partial charge on any atom is -0.241 e. The summed E-state index contributed by atoms with van der Waals surface area (Å²) in [5.41, 5.74) is 2.45. The first-order valence-electron chi connectivity index (χ1n) is 4.77. The largest absolute Gasteiger partial charge is 0.241 e. The lowest BCUT2D eigenvalue weighted by atomic mass is 10.1. The van der Waals surface area contributed by atoms with Crippen molar-refractivity contribution in [2.45, 2.75) is 13.3 Å². The summed E-state index contributed by atoms with van der Waals surface area (Å²) in [7, 11) is 0. The van der Waals surface area contributed by atoms with E-state index in [1.165, 1.54) is 11.1 Å². The summed E-state index contributed by atoms with van der Waals surface area (Å²) in [6.45, 7) is 2.07. The molecule has 2 nitrogen and oxygen atoms in total. The van der Waals surface area contributed by atoms with Crippen LogP contribution in [0.25, 0.3) is 0 Å². The predicted molar refractivity (Wildman–Crippen MR) is 61.0 cm³/mol. The molecule has 0 fully saturated rings. The topological polar surface area (TPSA) is 25.8 Å². The molecule has 2 rings (SSSR count). The summed E-state index contributed by atoms with van der Waals surface area (Å²) < 4.78 is 0. The van der Waals surface area contributed by atoms with Gasteiger partial charge in [-0.25, -0.2) is 9.97 Å². The fraction of sp³-hybridized carbons (Fsp3) is 0.167. The average molecular weight is 219 g/mol. The molecule has 1 aromatic heterocycles. The molecule has 0 N–H and O–H groups in total. The van der Waals surface area contributed by atoms with Crippen molar-refractivity contribution in [3.05, 3.63) is 58.6 Å². The minimum absolute atomic E-state index is 0.493. The zero-order valence-electron chi connectivity index (χ0n) is 8.44. The van der Waals surface area contributed by atoms with Crippen molar-refractivity contribution in [3.63, 3.8) is 0 Å². The molecule has 76 valence electrons. The fourth-order valence-corrected chi connectivity index (χ4v) is 1.62. The summed E-state index contributed by atoms with van der Waals surface area (Å²) in [4.78, 5) is 8.32. The number of rotatable bonds is 2. The Bertz CT molecular complexity index is 425. The molecule has 0 radical (unpaired) electrons. The van der Waals surface area contributed by atoms with Crippen LogP contribution in [0.5, 0.6) is 0 Å². The Morgan fingerprint density at radius 3 is 2.87 bits per heavy atom. The molecule has 0 amide bonds. The van der Waals surface area contributed by atoms with E-state index in [0.717, 1.165) is 12.2 Å². The van der Waals surface area contributed by atoms with Crippen LogP contribution in [0.15, 0.2) is 36.5 Å². The number of aryl methyl sites for hydroxylation is 1. The van der Waals surface area contributed by atoms with Gasteiger partial charge in [0.25, 0.3) is 0 Å². The SMILES string of the molecule is Cc1cccc(Cc2nccc(Cl)n2)c1. The average Bonchev–Trinajstić information content (AvgIpc) is 2.17. The van der Waals surface area contributed by atoms with Crippen LogP contribution in [0.3, 0.4) is 0 Å². The van der Waals surface area contributed by atoms with Crippen LogP contribution in [0.2, 0.25) is 5.15 Å². The third-order valence-corrected chi connectivity index (χ3v) is 2.33. The third kappa shape index (κ3) is 2.77. The maximum absolute atomic E-state index is 5.79. The van der Waals surface area contributed by atoms with Gasteiger partial charge in [-0.1, -0.05) is 41.4 Å². The van der Waals surface area contributed by atoms with Crippen LogP contribution in [0, 0.1) is 6.92 Å². The molecule has 0 saturated heterocycles. The van der Waals surface area contributed by atoms with Crippen LogP contribution in [0.1, 0.15) is 17.0 Å². The molecular formula is C12H11ClN2. The number of halogens is 1. The van der Waals surface area contributed by atoms with E-state index < -0.39 is 0 Å². The number of benzene rings is 1. The molecule has 1 aromatic carbocycles. The van der Waals surface area contributed by atoms with Crippen molar-refractivity contribution < 1.29 is 0 Å². The first kappa shape index (κ1) is 10.1. The van der Waals surface area contributed by atoms with Crippen molar-refractivity contribution in [2.75, 3.05) is 0 Å². The van der Waals surface area contributed by atoms with E-state index in [1.807, 2.05) is 6.07 Å². The Hall–Kier alpha value is -1.41. The lowest BCUT2D eigenvalue weighted by Crippen LogP contribution is -1.96. The van der Waals surface area contributed by atoms with E-state index >= 15 is 0 Å². The molecule has 0 unspecified atom stereocenters. The Morgan fingerprint density at radius 1 is 1.27 bits per heavy atom. The van der Waals surface area contributed by atoms with Gasteiger partial charge in [-0.2, -0.15) is 0 Å². The van der Waals surface area contributed by atoms with Gasteiger partial charge in [-0.15, -0.1) is 0 Å². The Balaban J connectivity index is 2.22. The summed E-state index contributed by atoms with van der Waals surface area (Å²) in [6.07, 6.45) is 2.41. The Kier molecular flexibility index (Phi) is 2.97. The molecule has 0 atom stereocenters. The van der Waals surface area contributed by atoms with Gasteiger partial charge in [0, 0.05) is 12.6 Å². The van der Waals surface area contributed by atoms with Crippen LogP contribution in [0.4, 0.5) is 0 Å². The summed E-state index contributed by atoms with van der Waals surface area (Å²) in [6, 6.07) is 9.99. The normalized spacial score (nSPS) is 10.3. The van der Waals surface area contributed by atoms with Crippen molar-refractivity contribution in [2.24, 2.45) is 0 Å². The van der Waals surface area contributed by atoms with E-state index in [9.17, 15) is 0 Å². The van der Waals surface area contributed by atoms with Gasteiger partial charge in [-0.3, -0.25) is 0 Å². The number of nitrogens with zero attached hydrogens (tertiary/aromatic N) is 2. The molecule has 0 aliphatic rings. The van der Waals surface area contributed by atoms with E-state index in [1.54, 1.807) is 12.3 Å². The highest BCUT2D eigenvalue weighted by Gasteiger charge is 1.99. The maximum atomic E-state index is 5.79. The number of aromatic nitrogens is 2. The summed E-state index contributed by atoms with van der Waals surface area (Å²) in [5.74, 6) is 0.758. The predicted octanol–water partition coefficient (Wildman–Crippen LogP) is 3.03. The highest BCUT2D eigenvalue weighted by atomic mass is 35.5. The van der Waals surface area contributed by atoms with Crippen LogP contribution in [-0.4, -0.2) is 9.97 Å². The molecular weight excluding hydrogens is 208 g/mol. The van der Waals surface area contributed by atoms with Gasteiger partial charge in [0.2, 0.25) is 0 Å². The van der Waals surface area contributed by atoms with E-state index in [4.69, 9.17) is 11.6 Å². The lowest BCUT2D eigenvalue weighted by molar-refractivity contribution is 0.967. The maximum Gasteiger partial charge on any atom is 0.134 e. The second kappa shape index (κ2) is 4.41. The molecule has 15 heavy (non-hydrogen) atoms. The third-order valence-electron chi connectivity index (χ3n) is 2.12. The monoisotopic (exact) mass is 218 g/mol. The molecule has 1 heterocycles. The second-order valence-electron chi connectivity index (χ2n) is 3.46. The van der Waals surface area contributed by atoms with Crippen LogP contribution >= 0.6 is 11.6 Å².